The van der Waals surface area contributed by atoms with E-state index in [1.54, 1.807) is 6.20 Å². The molecule has 1 aromatic heterocycles. The van der Waals surface area contributed by atoms with Gasteiger partial charge in [0.2, 0.25) is 0 Å². The van der Waals surface area contributed by atoms with Gasteiger partial charge in [0.1, 0.15) is 0 Å². The molecule has 3 heteroatoms. The van der Waals surface area contributed by atoms with Crippen molar-refractivity contribution >= 4 is 0 Å². The Morgan fingerprint density at radius 1 is 1.16 bits per heavy atom. The first-order valence-corrected chi connectivity index (χ1v) is 6.58. The van der Waals surface area contributed by atoms with E-state index in [9.17, 15) is 5.11 Å². The second-order valence-corrected chi connectivity index (χ2v) is 4.72. The van der Waals surface area contributed by atoms with E-state index < -0.39 is 0 Å². The number of nitrogens with zero attached hydrogens (tertiary/aromatic N) is 1. The molecule has 0 aliphatic heterocycles. The number of hydrogen-bond donors (Lipinski definition) is 2. The number of hydrogen-bond acceptors (Lipinski definition) is 3. The number of aromatic nitrogens is 1. The van der Waals surface area contributed by atoms with Crippen molar-refractivity contribution in [3.63, 3.8) is 0 Å². The smallest absolute Gasteiger partial charge is 0.0588 e. The fourth-order valence-electron chi connectivity index (χ4n) is 2.04. The van der Waals surface area contributed by atoms with Crippen LogP contribution in [0.15, 0.2) is 48.7 Å². The molecule has 0 fully saturated rings. The molecule has 0 saturated heterocycles. The van der Waals surface area contributed by atoms with Crippen molar-refractivity contribution in [1.82, 2.24) is 10.3 Å². The van der Waals surface area contributed by atoms with Crippen LogP contribution in [0.2, 0.25) is 0 Å². The Morgan fingerprint density at radius 2 is 1.95 bits per heavy atom. The summed E-state index contributed by atoms with van der Waals surface area (Å²) in [6.45, 7) is 2.86. The van der Waals surface area contributed by atoms with E-state index in [0.29, 0.717) is 6.54 Å². The van der Waals surface area contributed by atoms with Gasteiger partial charge in [-0.15, -0.1) is 0 Å². The van der Waals surface area contributed by atoms with Gasteiger partial charge in [0.25, 0.3) is 0 Å². The lowest BCUT2D eigenvalue weighted by molar-refractivity contribution is 0.240. The number of aliphatic hydroxyl groups excluding tert-OH is 1. The molecule has 0 spiro atoms. The van der Waals surface area contributed by atoms with Gasteiger partial charge in [-0.3, -0.25) is 4.98 Å². The quantitative estimate of drug-likeness (QED) is 0.832. The minimum atomic E-state index is 0.0591. The van der Waals surface area contributed by atoms with Crippen LogP contribution in [-0.2, 0) is 13.0 Å². The maximum Gasteiger partial charge on any atom is 0.0588 e. The van der Waals surface area contributed by atoms with E-state index in [-0.39, 0.29) is 12.6 Å². The fraction of sp³-hybridized carbons (Fsp3) is 0.312. The molecule has 0 saturated carbocycles. The van der Waals surface area contributed by atoms with Crippen molar-refractivity contribution in [3.8, 4) is 0 Å². The maximum atomic E-state index is 9.45. The molecule has 0 bridgehead atoms. The zero-order valence-electron chi connectivity index (χ0n) is 11.2. The average molecular weight is 256 g/mol. The van der Waals surface area contributed by atoms with Crippen LogP contribution in [0.1, 0.15) is 16.8 Å². The Hall–Kier alpha value is -1.71. The molecule has 0 aliphatic rings. The largest absolute Gasteiger partial charge is 0.395 e. The number of rotatable bonds is 6. The summed E-state index contributed by atoms with van der Waals surface area (Å²) in [5, 5.41) is 12.8. The lowest BCUT2D eigenvalue weighted by atomic mass is 10.1. The van der Waals surface area contributed by atoms with E-state index in [1.165, 1.54) is 11.1 Å². The molecule has 1 aromatic carbocycles. The van der Waals surface area contributed by atoms with Crippen LogP contribution in [0.5, 0.6) is 0 Å². The predicted octanol–water partition coefficient (Wildman–Crippen LogP) is 2.08. The molecular formula is C16H20N2O. The number of aliphatic hydroxyl groups is 1. The molecule has 3 nitrogen and oxygen atoms in total. The van der Waals surface area contributed by atoms with Crippen LogP contribution < -0.4 is 5.32 Å². The van der Waals surface area contributed by atoms with Crippen molar-refractivity contribution < 1.29 is 5.11 Å². The summed E-state index contributed by atoms with van der Waals surface area (Å²) in [4.78, 5) is 4.35. The first kappa shape index (κ1) is 13.7. The van der Waals surface area contributed by atoms with Crippen LogP contribution in [0.4, 0.5) is 0 Å². The minimum absolute atomic E-state index is 0.0591. The van der Waals surface area contributed by atoms with E-state index in [0.717, 1.165) is 12.1 Å². The van der Waals surface area contributed by atoms with Gasteiger partial charge >= 0.3 is 0 Å². The van der Waals surface area contributed by atoms with Gasteiger partial charge in [0.05, 0.1) is 12.3 Å². The van der Waals surface area contributed by atoms with Crippen molar-refractivity contribution in [2.75, 3.05) is 6.61 Å². The van der Waals surface area contributed by atoms with Gasteiger partial charge in [-0.25, -0.2) is 0 Å². The Bertz CT molecular complexity index is 499. The molecule has 2 N–H and O–H groups in total. The maximum absolute atomic E-state index is 9.45. The molecule has 1 unspecified atom stereocenters. The molecule has 1 atom stereocenters. The SMILES string of the molecule is Cc1cccnc1CNC(CO)Cc1ccccc1. The molecule has 0 radical (unpaired) electrons. The van der Waals surface area contributed by atoms with E-state index in [2.05, 4.69) is 35.4 Å². The molecule has 2 rings (SSSR count). The van der Waals surface area contributed by atoms with Crippen molar-refractivity contribution in [1.29, 1.82) is 0 Å². The molecular weight excluding hydrogens is 236 g/mol. The fourth-order valence-corrected chi connectivity index (χ4v) is 2.04. The molecule has 1 heterocycles. The molecule has 100 valence electrons. The summed E-state index contributed by atoms with van der Waals surface area (Å²) in [6.07, 6.45) is 2.62. The normalized spacial score (nSPS) is 12.3. The standard InChI is InChI=1S/C16H20N2O/c1-13-6-5-9-17-16(13)11-18-15(12-19)10-14-7-3-2-4-8-14/h2-9,15,18-19H,10-12H2,1H3. The van der Waals surface area contributed by atoms with Crippen molar-refractivity contribution in [3.05, 3.63) is 65.5 Å². The zero-order valence-corrected chi connectivity index (χ0v) is 11.2. The van der Waals surface area contributed by atoms with Crippen LogP contribution >= 0.6 is 0 Å². The summed E-state index contributed by atoms with van der Waals surface area (Å²) in [5.74, 6) is 0. The van der Waals surface area contributed by atoms with E-state index in [4.69, 9.17) is 0 Å². The number of benzene rings is 1. The highest BCUT2D eigenvalue weighted by Crippen LogP contribution is 2.06. The summed E-state index contributed by atoms with van der Waals surface area (Å²) in [5.41, 5.74) is 3.44. The molecule has 19 heavy (non-hydrogen) atoms. The van der Waals surface area contributed by atoms with Crippen LogP contribution in [0.3, 0.4) is 0 Å². The van der Waals surface area contributed by atoms with Gasteiger partial charge < -0.3 is 10.4 Å². The summed E-state index contributed by atoms with van der Waals surface area (Å²) in [7, 11) is 0. The zero-order chi connectivity index (χ0) is 13.5. The number of pyridine rings is 1. The second-order valence-electron chi connectivity index (χ2n) is 4.72. The van der Waals surface area contributed by atoms with Crippen LogP contribution in [0.25, 0.3) is 0 Å². The predicted molar refractivity (Wildman–Crippen MR) is 76.8 cm³/mol. The van der Waals surface area contributed by atoms with Gasteiger partial charge in [-0.05, 0) is 30.5 Å². The van der Waals surface area contributed by atoms with E-state index in [1.807, 2.05) is 24.3 Å². The molecule has 2 aromatic rings. The third-order valence-corrected chi connectivity index (χ3v) is 3.22. The summed E-state index contributed by atoms with van der Waals surface area (Å²) in [6, 6.07) is 14.2. The summed E-state index contributed by atoms with van der Waals surface area (Å²) < 4.78 is 0. The topological polar surface area (TPSA) is 45.2 Å². The van der Waals surface area contributed by atoms with Gasteiger partial charge in [-0.2, -0.15) is 0 Å². The van der Waals surface area contributed by atoms with Gasteiger partial charge in [0, 0.05) is 18.8 Å². The Balaban J connectivity index is 1.91. The Kier molecular flexibility index (Phi) is 5.07. The highest BCUT2D eigenvalue weighted by molar-refractivity contribution is 5.18. The van der Waals surface area contributed by atoms with Crippen molar-refractivity contribution in [2.45, 2.75) is 25.9 Å². The first-order valence-electron chi connectivity index (χ1n) is 6.58. The van der Waals surface area contributed by atoms with Crippen LogP contribution in [0, 0.1) is 6.92 Å². The number of nitrogens with one attached hydrogen (secondary N) is 1. The van der Waals surface area contributed by atoms with Crippen LogP contribution in [-0.4, -0.2) is 22.7 Å². The molecule has 0 amide bonds. The molecule has 0 aliphatic carbocycles. The highest BCUT2D eigenvalue weighted by atomic mass is 16.3. The Labute approximate surface area is 114 Å². The minimum Gasteiger partial charge on any atom is -0.395 e. The van der Waals surface area contributed by atoms with Crippen molar-refractivity contribution in [2.24, 2.45) is 0 Å². The lowest BCUT2D eigenvalue weighted by Crippen LogP contribution is -2.34. The third kappa shape index (κ3) is 4.16. The van der Waals surface area contributed by atoms with Gasteiger partial charge in [0.15, 0.2) is 0 Å². The Morgan fingerprint density at radius 3 is 2.63 bits per heavy atom. The van der Waals surface area contributed by atoms with Gasteiger partial charge in [-0.1, -0.05) is 36.4 Å². The number of aryl methyl sites for hydroxylation is 1. The monoisotopic (exact) mass is 256 g/mol. The lowest BCUT2D eigenvalue weighted by Gasteiger charge is -2.16. The third-order valence-electron chi connectivity index (χ3n) is 3.22. The second kappa shape index (κ2) is 7.02. The first-order chi connectivity index (χ1) is 9.29. The average Bonchev–Trinajstić information content (AvgIpc) is 2.46. The van der Waals surface area contributed by atoms with E-state index >= 15 is 0 Å². The summed E-state index contributed by atoms with van der Waals surface area (Å²) >= 11 is 0. The highest BCUT2D eigenvalue weighted by Gasteiger charge is 2.08.